The van der Waals surface area contributed by atoms with E-state index in [9.17, 15) is 10.0 Å². The fourth-order valence-electron chi connectivity index (χ4n) is 5.58. The molecule has 9 heteroatoms. The molecule has 0 saturated heterocycles. The van der Waals surface area contributed by atoms with E-state index in [1.807, 2.05) is 40.9 Å². The van der Waals surface area contributed by atoms with Gasteiger partial charge in [-0.05, 0) is 55.2 Å². The zero-order valence-corrected chi connectivity index (χ0v) is 23.2. The number of nitrogens with zero attached hydrogens (tertiary/aromatic N) is 4. The molecule has 8 nitrogen and oxygen atoms in total. The van der Waals surface area contributed by atoms with Crippen molar-refractivity contribution in [3.63, 3.8) is 0 Å². The molecule has 1 saturated carbocycles. The lowest BCUT2D eigenvalue weighted by atomic mass is 9.75. The second kappa shape index (κ2) is 10.9. The lowest BCUT2D eigenvalue weighted by Crippen LogP contribution is -2.28. The van der Waals surface area contributed by atoms with E-state index < -0.39 is 5.97 Å². The van der Waals surface area contributed by atoms with Crippen molar-refractivity contribution in [2.24, 2.45) is 5.92 Å². The van der Waals surface area contributed by atoms with Crippen molar-refractivity contribution in [2.45, 2.75) is 18.8 Å². The molecule has 42 heavy (non-hydrogen) atoms. The number of hydrogen-bond acceptors (Lipinski definition) is 7. The number of fused-ring (bicyclic) bond motifs is 2. The third-order valence-corrected chi connectivity index (χ3v) is 8.14. The summed E-state index contributed by atoms with van der Waals surface area (Å²) in [6.07, 6.45) is 5.26. The Hall–Kier alpha value is -4.79. The van der Waals surface area contributed by atoms with Crippen LogP contribution in [0.3, 0.4) is 0 Å². The third kappa shape index (κ3) is 4.85. The van der Waals surface area contributed by atoms with Gasteiger partial charge in [0.25, 0.3) is 0 Å². The van der Waals surface area contributed by atoms with E-state index in [-0.39, 0.29) is 11.8 Å². The molecule has 1 aliphatic carbocycles. The van der Waals surface area contributed by atoms with Crippen LogP contribution < -0.4 is 5.48 Å². The van der Waals surface area contributed by atoms with E-state index >= 15 is 0 Å². The monoisotopic (exact) mass is 574 g/mol. The summed E-state index contributed by atoms with van der Waals surface area (Å²) in [6.45, 7) is 0.329. The van der Waals surface area contributed by atoms with Gasteiger partial charge in [0, 0.05) is 40.5 Å². The smallest absolute Gasteiger partial charge is 0.338 e. The summed E-state index contributed by atoms with van der Waals surface area (Å²) in [5.74, 6) is 0.941. The maximum atomic E-state index is 12.4. The molecular formula is C33H25ClN5O3-. The highest BCUT2D eigenvalue weighted by molar-refractivity contribution is 6.33. The van der Waals surface area contributed by atoms with E-state index in [0.29, 0.717) is 23.0 Å². The van der Waals surface area contributed by atoms with Crippen LogP contribution in [0.2, 0.25) is 5.15 Å². The minimum Gasteiger partial charge on any atom is -0.761 e. The zero-order valence-electron chi connectivity index (χ0n) is 22.4. The number of anilines is 1. The van der Waals surface area contributed by atoms with Gasteiger partial charge < -0.3 is 15.4 Å². The summed E-state index contributed by atoms with van der Waals surface area (Å²) in [5, 5.41) is 12.2. The third-order valence-electron chi connectivity index (χ3n) is 7.86. The highest BCUT2D eigenvalue weighted by Gasteiger charge is 2.35. The molecular weight excluding hydrogens is 550 g/mol. The van der Waals surface area contributed by atoms with E-state index in [0.717, 1.165) is 57.6 Å². The SMILES string of the molecule is O=C(OCC1CC(c2nc(-c3ccc4ccc(-c5ccccc5)nc4c3)c3c(Cl)nccn23)C1)c1ccc(N[O-])cc1. The number of halogens is 1. The van der Waals surface area contributed by atoms with Gasteiger partial charge in [0.15, 0.2) is 5.15 Å². The number of carbonyl (C=O) groups excluding carboxylic acids is 1. The fourth-order valence-corrected chi connectivity index (χ4v) is 5.82. The van der Waals surface area contributed by atoms with Gasteiger partial charge >= 0.3 is 5.97 Å². The molecule has 0 spiro atoms. The minimum atomic E-state index is -0.400. The summed E-state index contributed by atoms with van der Waals surface area (Å²) in [6, 6.07) is 26.6. The number of esters is 1. The summed E-state index contributed by atoms with van der Waals surface area (Å²) in [7, 11) is 0. The Morgan fingerprint density at radius 2 is 1.76 bits per heavy atom. The molecule has 0 aliphatic heterocycles. The van der Waals surface area contributed by atoms with Crippen molar-refractivity contribution in [3.05, 3.63) is 119 Å². The number of imidazole rings is 1. The van der Waals surface area contributed by atoms with Crippen molar-refractivity contribution in [1.29, 1.82) is 0 Å². The summed E-state index contributed by atoms with van der Waals surface area (Å²) in [5.41, 5.74) is 7.90. The maximum absolute atomic E-state index is 12.4. The van der Waals surface area contributed by atoms with Gasteiger partial charge in [0.05, 0.1) is 29.1 Å². The van der Waals surface area contributed by atoms with Crippen LogP contribution in [0.5, 0.6) is 0 Å². The van der Waals surface area contributed by atoms with Gasteiger partial charge in [-0.15, -0.1) is 0 Å². The van der Waals surface area contributed by atoms with Gasteiger partial charge in [0.2, 0.25) is 0 Å². The van der Waals surface area contributed by atoms with E-state index in [2.05, 4.69) is 35.3 Å². The Bertz CT molecular complexity index is 1920. The molecule has 0 atom stereocenters. The first-order chi connectivity index (χ1) is 20.6. The molecule has 208 valence electrons. The summed E-state index contributed by atoms with van der Waals surface area (Å²) < 4.78 is 7.58. The standard InChI is InChI=1S/C33H25ClN5O3/c34-31-30-29(24-7-6-22-10-13-27(36-28(22)18-24)21-4-2-1-3-5-21)37-32(39(30)15-14-35-31)25-16-20(17-25)19-42-33(40)23-8-11-26(38-41)12-9-23/h1-15,18,20,25,38H,16-17,19H2/q-1. The van der Waals surface area contributed by atoms with Crippen molar-refractivity contribution < 1.29 is 9.53 Å². The molecule has 1 fully saturated rings. The molecule has 3 aromatic carbocycles. The Morgan fingerprint density at radius 1 is 0.976 bits per heavy atom. The summed E-state index contributed by atoms with van der Waals surface area (Å²) >= 11 is 6.64. The van der Waals surface area contributed by atoms with Crippen LogP contribution in [0.25, 0.3) is 38.9 Å². The number of aromatic nitrogens is 4. The number of carbonyl (C=O) groups is 1. The lowest BCUT2D eigenvalue weighted by molar-refractivity contribution is 0.0341. The summed E-state index contributed by atoms with van der Waals surface area (Å²) in [4.78, 5) is 26.8. The predicted octanol–water partition coefficient (Wildman–Crippen LogP) is 7.53. The Kier molecular flexibility index (Phi) is 6.77. The topological polar surface area (TPSA) is 104 Å². The number of hydrogen-bond donors (Lipinski definition) is 1. The van der Waals surface area contributed by atoms with E-state index in [1.165, 1.54) is 0 Å². The van der Waals surface area contributed by atoms with Gasteiger partial charge in [0.1, 0.15) is 11.3 Å². The second-order valence-corrected chi connectivity index (χ2v) is 10.9. The van der Waals surface area contributed by atoms with Crippen LogP contribution in [-0.4, -0.2) is 31.9 Å². The number of rotatable bonds is 7. The molecule has 1 N–H and O–H groups in total. The normalized spacial score (nSPS) is 16.3. The number of pyridine rings is 1. The Labute approximate surface area is 246 Å². The highest BCUT2D eigenvalue weighted by atomic mass is 35.5. The zero-order chi connectivity index (χ0) is 28.6. The largest absolute Gasteiger partial charge is 0.761 e. The number of ether oxygens (including phenoxy) is 1. The molecule has 6 aromatic rings. The lowest BCUT2D eigenvalue weighted by Gasteiger charge is -2.34. The van der Waals surface area contributed by atoms with Crippen molar-refractivity contribution in [1.82, 2.24) is 19.4 Å². The molecule has 1 aliphatic rings. The molecule has 3 aromatic heterocycles. The van der Waals surface area contributed by atoms with E-state index in [4.69, 9.17) is 26.3 Å². The fraction of sp³-hybridized carbons (Fsp3) is 0.152. The van der Waals surface area contributed by atoms with Crippen LogP contribution in [0, 0.1) is 11.1 Å². The highest BCUT2D eigenvalue weighted by Crippen LogP contribution is 2.43. The molecule has 0 bridgehead atoms. The molecule has 3 heterocycles. The molecule has 0 amide bonds. The van der Waals surface area contributed by atoms with Crippen molar-refractivity contribution in [3.8, 4) is 22.5 Å². The van der Waals surface area contributed by atoms with E-state index in [1.54, 1.807) is 35.9 Å². The minimum absolute atomic E-state index is 0.194. The van der Waals surface area contributed by atoms with Gasteiger partial charge in [-0.1, -0.05) is 60.1 Å². The first kappa shape index (κ1) is 26.1. The van der Waals surface area contributed by atoms with Gasteiger partial charge in [-0.2, -0.15) is 0 Å². The first-order valence-electron chi connectivity index (χ1n) is 13.7. The van der Waals surface area contributed by atoms with Crippen molar-refractivity contribution in [2.75, 3.05) is 12.1 Å². The predicted molar refractivity (Wildman–Crippen MR) is 163 cm³/mol. The maximum Gasteiger partial charge on any atom is 0.338 e. The quantitative estimate of drug-likeness (QED) is 0.155. The average Bonchev–Trinajstić information content (AvgIpc) is 3.40. The molecule has 7 rings (SSSR count). The Balaban J connectivity index is 1.13. The van der Waals surface area contributed by atoms with Crippen LogP contribution in [0.1, 0.15) is 34.9 Å². The Morgan fingerprint density at radius 3 is 2.55 bits per heavy atom. The van der Waals surface area contributed by atoms with Crippen LogP contribution in [0.15, 0.2) is 97.3 Å². The van der Waals surface area contributed by atoms with Gasteiger partial charge in [-0.25, -0.2) is 19.7 Å². The van der Waals surface area contributed by atoms with Crippen LogP contribution in [-0.2, 0) is 4.74 Å². The van der Waals surface area contributed by atoms with Crippen LogP contribution in [0.4, 0.5) is 5.69 Å². The first-order valence-corrected chi connectivity index (χ1v) is 14.1. The number of nitrogens with one attached hydrogen (secondary N) is 1. The van der Waals surface area contributed by atoms with Crippen LogP contribution >= 0.6 is 11.6 Å². The second-order valence-electron chi connectivity index (χ2n) is 10.5. The van der Waals surface area contributed by atoms with Crippen molar-refractivity contribution >= 4 is 39.7 Å². The number of benzene rings is 3. The van der Waals surface area contributed by atoms with Gasteiger partial charge in [-0.3, -0.25) is 4.40 Å². The molecule has 0 unspecified atom stereocenters. The molecule has 0 radical (unpaired) electrons. The average molecular weight is 575 g/mol.